The van der Waals surface area contributed by atoms with E-state index in [0.29, 0.717) is 17.1 Å². The van der Waals surface area contributed by atoms with E-state index in [4.69, 9.17) is 15.5 Å². The second-order valence-electron chi connectivity index (χ2n) is 6.61. The molecular weight excluding hydrogens is 382 g/mol. The summed E-state index contributed by atoms with van der Waals surface area (Å²) in [5, 5.41) is 3.76. The lowest BCUT2D eigenvalue weighted by Gasteiger charge is -2.04. The number of pyridine rings is 1. The van der Waals surface area contributed by atoms with Gasteiger partial charge in [-0.15, -0.1) is 11.3 Å². The zero-order chi connectivity index (χ0) is 20.2. The normalized spacial score (nSPS) is 10.8. The summed E-state index contributed by atoms with van der Waals surface area (Å²) in [4.78, 5) is 18.6. The van der Waals surface area contributed by atoms with Crippen LogP contribution >= 0.6 is 11.3 Å². The number of benzene rings is 2. The van der Waals surface area contributed by atoms with Gasteiger partial charge in [0.15, 0.2) is 0 Å². The van der Waals surface area contributed by atoms with Gasteiger partial charge < -0.3 is 15.8 Å². The summed E-state index contributed by atoms with van der Waals surface area (Å²) < 4.78 is 5.20. The van der Waals surface area contributed by atoms with Gasteiger partial charge in [-0.3, -0.25) is 4.79 Å². The Hall–Kier alpha value is -3.38. The van der Waals surface area contributed by atoms with E-state index in [1.165, 1.54) is 16.9 Å². The maximum absolute atomic E-state index is 12.6. The van der Waals surface area contributed by atoms with Crippen molar-refractivity contribution in [3.63, 3.8) is 0 Å². The smallest absolute Gasteiger partial charge is 0.263 e. The van der Waals surface area contributed by atoms with Crippen LogP contribution in [0.5, 0.6) is 5.75 Å². The molecule has 146 valence electrons. The fourth-order valence-corrected chi connectivity index (χ4v) is 4.14. The van der Waals surface area contributed by atoms with Crippen molar-refractivity contribution in [3.8, 4) is 17.0 Å². The summed E-state index contributed by atoms with van der Waals surface area (Å²) in [7, 11) is 1.64. The zero-order valence-electron chi connectivity index (χ0n) is 16.0. The number of aromatic nitrogens is 1. The van der Waals surface area contributed by atoms with Crippen molar-refractivity contribution < 1.29 is 9.53 Å². The number of carbonyl (C=O) groups excluding carboxylic acids is 1. The van der Waals surface area contributed by atoms with Gasteiger partial charge in [0.1, 0.15) is 15.5 Å². The lowest BCUT2D eigenvalue weighted by Crippen LogP contribution is -2.25. The van der Waals surface area contributed by atoms with Crippen molar-refractivity contribution in [2.24, 2.45) is 0 Å². The van der Waals surface area contributed by atoms with Gasteiger partial charge in [0.05, 0.1) is 18.5 Å². The van der Waals surface area contributed by atoms with Crippen molar-refractivity contribution in [1.29, 1.82) is 0 Å². The number of anilines is 1. The fourth-order valence-electron chi connectivity index (χ4n) is 3.13. The quantitative estimate of drug-likeness (QED) is 0.496. The van der Waals surface area contributed by atoms with Gasteiger partial charge in [0.2, 0.25) is 0 Å². The molecule has 6 heteroatoms. The van der Waals surface area contributed by atoms with Crippen LogP contribution < -0.4 is 15.8 Å². The van der Waals surface area contributed by atoms with Crippen LogP contribution in [0, 0.1) is 0 Å². The number of nitrogens with two attached hydrogens (primary N) is 1. The van der Waals surface area contributed by atoms with Crippen LogP contribution in [0.2, 0.25) is 0 Å². The second kappa shape index (κ2) is 8.32. The van der Waals surface area contributed by atoms with Crippen molar-refractivity contribution in [1.82, 2.24) is 10.3 Å². The monoisotopic (exact) mass is 403 g/mol. The zero-order valence-corrected chi connectivity index (χ0v) is 16.8. The Morgan fingerprint density at radius 2 is 1.83 bits per heavy atom. The Morgan fingerprint density at radius 1 is 1.07 bits per heavy atom. The summed E-state index contributed by atoms with van der Waals surface area (Å²) in [6.45, 7) is 0.557. The molecule has 0 aliphatic rings. The molecule has 0 spiro atoms. The number of rotatable bonds is 6. The van der Waals surface area contributed by atoms with E-state index in [1.807, 2.05) is 66.7 Å². The predicted octanol–water partition coefficient (Wildman–Crippen LogP) is 4.53. The molecule has 0 fully saturated rings. The minimum absolute atomic E-state index is 0.160. The van der Waals surface area contributed by atoms with E-state index < -0.39 is 0 Å². The molecule has 0 aliphatic carbocycles. The molecule has 0 saturated heterocycles. The molecule has 4 aromatic rings. The largest absolute Gasteiger partial charge is 0.497 e. The molecule has 5 nitrogen and oxygen atoms in total. The molecule has 2 heterocycles. The van der Waals surface area contributed by atoms with Crippen molar-refractivity contribution in [3.05, 3.63) is 77.2 Å². The first-order chi connectivity index (χ1) is 14.2. The number of ether oxygens (including phenoxy) is 1. The molecular formula is C23H21N3O2S. The summed E-state index contributed by atoms with van der Waals surface area (Å²) in [6.07, 6.45) is 0.775. The van der Waals surface area contributed by atoms with E-state index in [2.05, 4.69) is 5.32 Å². The maximum Gasteiger partial charge on any atom is 0.263 e. The van der Waals surface area contributed by atoms with Gasteiger partial charge in [-0.05, 0) is 48.4 Å². The highest BCUT2D eigenvalue weighted by Crippen LogP contribution is 2.34. The van der Waals surface area contributed by atoms with Crippen molar-refractivity contribution >= 4 is 33.1 Å². The molecule has 0 unspecified atom stereocenters. The third-order valence-corrected chi connectivity index (χ3v) is 5.84. The van der Waals surface area contributed by atoms with E-state index in [9.17, 15) is 4.79 Å². The lowest BCUT2D eigenvalue weighted by atomic mass is 10.1. The average Bonchev–Trinajstić information content (AvgIpc) is 3.10. The van der Waals surface area contributed by atoms with Gasteiger partial charge in [-0.1, -0.05) is 30.3 Å². The van der Waals surface area contributed by atoms with Gasteiger partial charge in [-0.25, -0.2) is 4.98 Å². The number of nitrogens with one attached hydrogen (secondary N) is 1. The number of nitrogens with zero attached hydrogens (tertiary/aromatic N) is 1. The highest BCUT2D eigenvalue weighted by Gasteiger charge is 2.17. The first-order valence-electron chi connectivity index (χ1n) is 9.31. The number of methoxy groups -OCH3 is 1. The third kappa shape index (κ3) is 4.07. The number of hydrogen-bond acceptors (Lipinski definition) is 5. The lowest BCUT2D eigenvalue weighted by molar-refractivity contribution is 0.0959. The number of hydrogen-bond donors (Lipinski definition) is 2. The van der Waals surface area contributed by atoms with E-state index >= 15 is 0 Å². The number of nitrogen functional groups attached to an aromatic ring is 1. The minimum Gasteiger partial charge on any atom is -0.497 e. The molecule has 4 rings (SSSR count). The van der Waals surface area contributed by atoms with E-state index in [-0.39, 0.29) is 5.91 Å². The fraction of sp³-hybridized carbons (Fsp3) is 0.130. The molecule has 29 heavy (non-hydrogen) atoms. The Balaban J connectivity index is 1.52. The third-order valence-electron chi connectivity index (χ3n) is 4.73. The Bertz CT molecular complexity index is 1140. The van der Waals surface area contributed by atoms with Crippen LogP contribution in [-0.4, -0.2) is 24.5 Å². The molecule has 0 bridgehead atoms. The molecule has 0 saturated carbocycles. The van der Waals surface area contributed by atoms with Crippen molar-refractivity contribution in [2.45, 2.75) is 6.42 Å². The molecule has 3 N–H and O–H groups in total. The van der Waals surface area contributed by atoms with Crippen LogP contribution in [0.25, 0.3) is 21.5 Å². The molecule has 0 aliphatic heterocycles. The van der Waals surface area contributed by atoms with E-state index in [1.54, 1.807) is 7.11 Å². The second-order valence-corrected chi connectivity index (χ2v) is 7.61. The standard InChI is InChI=1S/C23H21N3O2S/c1-28-17-9-7-16(8-10-17)19-12-11-18-20(24)21(29-23(18)26-19)22(27)25-14-13-15-5-3-2-4-6-15/h2-12H,13-14,24H2,1H3,(H,25,27). The van der Waals surface area contributed by atoms with E-state index in [0.717, 1.165) is 33.6 Å². The first-order valence-corrected chi connectivity index (χ1v) is 10.1. The van der Waals surface area contributed by atoms with Gasteiger partial charge in [0, 0.05) is 17.5 Å². The summed E-state index contributed by atoms with van der Waals surface area (Å²) in [5.74, 6) is 0.636. The highest BCUT2D eigenvalue weighted by molar-refractivity contribution is 7.21. The Morgan fingerprint density at radius 3 is 2.55 bits per heavy atom. The van der Waals surface area contributed by atoms with Crippen LogP contribution in [0.1, 0.15) is 15.2 Å². The number of fused-ring (bicyclic) bond motifs is 1. The molecule has 0 radical (unpaired) electrons. The van der Waals surface area contributed by atoms with Gasteiger partial charge in [-0.2, -0.15) is 0 Å². The maximum atomic E-state index is 12.6. The van der Waals surface area contributed by atoms with Crippen LogP contribution in [0.15, 0.2) is 66.7 Å². The minimum atomic E-state index is -0.160. The average molecular weight is 404 g/mol. The van der Waals surface area contributed by atoms with Crippen molar-refractivity contribution in [2.75, 3.05) is 19.4 Å². The first kappa shape index (κ1) is 19.0. The van der Waals surface area contributed by atoms with Gasteiger partial charge in [0.25, 0.3) is 5.91 Å². The van der Waals surface area contributed by atoms with Crippen LogP contribution in [0.3, 0.4) is 0 Å². The number of thiophene rings is 1. The predicted molar refractivity (Wildman–Crippen MR) is 118 cm³/mol. The number of carbonyl (C=O) groups is 1. The Labute approximate surface area is 173 Å². The summed E-state index contributed by atoms with van der Waals surface area (Å²) >= 11 is 1.32. The highest BCUT2D eigenvalue weighted by atomic mass is 32.1. The molecule has 1 amide bonds. The summed E-state index contributed by atoms with van der Waals surface area (Å²) in [5.41, 5.74) is 9.72. The summed E-state index contributed by atoms with van der Waals surface area (Å²) in [6, 6.07) is 21.6. The Kier molecular flexibility index (Phi) is 5.44. The van der Waals surface area contributed by atoms with Crippen LogP contribution in [-0.2, 0) is 6.42 Å². The molecule has 0 atom stereocenters. The molecule has 2 aromatic carbocycles. The van der Waals surface area contributed by atoms with Gasteiger partial charge >= 0.3 is 0 Å². The SMILES string of the molecule is COc1ccc(-c2ccc3c(N)c(C(=O)NCCc4ccccc4)sc3n2)cc1. The molecule has 2 aromatic heterocycles. The topological polar surface area (TPSA) is 77.2 Å². The van der Waals surface area contributed by atoms with Crippen LogP contribution in [0.4, 0.5) is 5.69 Å². The number of amides is 1.